The summed E-state index contributed by atoms with van der Waals surface area (Å²) in [6, 6.07) is 0. The van der Waals surface area contributed by atoms with Crippen molar-refractivity contribution >= 4 is 5.97 Å². The van der Waals surface area contributed by atoms with E-state index in [1.165, 1.54) is 0 Å². The zero-order valence-corrected chi connectivity index (χ0v) is 8.54. The lowest BCUT2D eigenvalue weighted by molar-refractivity contribution is -0.164. The van der Waals surface area contributed by atoms with Crippen molar-refractivity contribution in [2.24, 2.45) is 5.92 Å². The fraction of sp³-hybridized carbons (Fsp3) is 0.700. The standard InChI is InChI=1S/C10H18O3/c1-5-6-13-10(4,9(11)12)7-8(2)3/h5,8H,1,6-7H2,2-4H3,(H,11,12). The molecule has 0 saturated carbocycles. The summed E-state index contributed by atoms with van der Waals surface area (Å²) in [5.74, 6) is -0.617. The monoisotopic (exact) mass is 186 g/mol. The van der Waals surface area contributed by atoms with Gasteiger partial charge in [-0.05, 0) is 19.3 Å². The van der Waals surface area contributed by atoms with Gasteiger partial charge in [0.25, 0.3) is 0 Å². The molecule has 1 N–H and O–H groups in total. The molecule has 0 spiro atoms. The Morgan fingerprint density at radius 1 is 1.69 bits per heavy atom. The van der Waals surface area contributed by atoms with Crippen molar-refractivity contribution in [1.82, 2.24) is 0 Å². The predicted octanol–water partition coefficient (Wildman–Crippen LogP) is 2.08. The lowest BCUT2D eigenvalue weighted by atomic mass is 9.94. The van der Waals surface area contributed by atoms with E-state index < -0.39 is 11.6 Å². The largest absolute Gasteiger partial charge is 0.479 e. The van der Waals surface area contributed by atoms with Crippen LogP contribution in [-0.4, -0.2) is 23.3 Å². The zero-order valence-electron chi connectivity index (χ0n) is 8.54. The van der Waals surface area contributed by atoms with Gasteiger partial charge in [-0.15, -0.1) is 6.58 Å². The van der Waals surface area contributed by atoms with Crippen LogP contribution in [0.15, 0.2) is 12.7 Å². The minimum atomic E-state index is -1.08. The van der Waals surface area contributed by atoms with Crippen LogP contribution in [0.5, 0.6) is 0 Å². The fourth-order valence-corrected chi connectivity index (χ4v) is 1.23. The molecule has 0 rings (SSSR count). The number of rotatable bonds is 6. The van der Waals surface area contributed by atoms with Crippen LogP contribution in [0.2, 0.25) is 0 Å². The van der Waals surface area contributed by atoms with Crippen molar-refractivity contribution in [3.8, 4) is 0 Å². The molecule has 0 aromatic rings. The Morgan fingerprint density at radius 3 is 2.54 bits per heavy atom. The third-order valence-corrected chi connectivity index (χ3v) is 1.77. The summed E-state index contributed by atoms with van der Waals surface area (Å²) in [6.45, 7) is 9.30. The molecule has 3 nitrogen and oxygen atoms in total. The minimum Gasteiger partial charge on any atom is -0.479 e. The second kappa shape index (κ2) is 5.02. The normalized spacial score (nSPS) is 15.4. The Balaban J connectivity index is 4.33. The number of ether oxygens (including phenoxy) is 1. The molecule has 0 aliphatic heterocycles. The highest BCUT2D eigenvalue weighted by Crippen LogP contribution is 2.21. The average Bonchev–Trinajstić information content (AvgIpc) is 1.99. The summed E-state index contributed by atoms with van der Waals surface area (Å²) >= 11 is 0. The van der Waals surface area contributed by atoms with E-state index in [1.54, 1.807) is 13.0 Å². The molecule has 1 atom stereocenters. The molecule has 0 radical (unpaired) electrons. The quantitative estimate of drug-likeness (QED) is 0.646. The molecule has 0 fully saturated rings. The first-order valence-electron chi connectivity index (χ1n) is 4.40. The summed E-state index contributed by atoms with van der Waals surface area (Å²) in [4.78, 5) is 10.9. The van der Waals surface area contributed by atoms with Gasteiger partial charge in [-0.3, -0.25) is 0 Å². The number of carbonyl (C=O) groups is 1. The molecule has 13 heavy (non-hydrogen) atoms. The summed E-state index contributed by atoms with van der Waals surface area (Å²) in [5, 5.41) is 8.95. The van der Waals surface area contributed by atoms with Crippen LogP contribution in [0.25, 0.3) is 0 Å². The molecule has 0 aromatic carbocycles. The van der Waals surface area contributed by atoms with E-state index in [9.17, 15) is 4.79 Å². The van der Waals surface area contributed by atoms with Gasteiger partial charge in [0.1, 0.15) is 0 Å². The van der Waals surface area contributed by atoms with Gasteiger partial charge in [0.2, 0.25) is 0 Å². The van der Waals surface area contributed by atoms with Crippen molar-refractivity contribution in [3.05, 3.63) is 12.7 Å². The lowest BCUT2D eigenvalue weighted by Gasteiger charge is -2.26. The maximum atomic E-state index is 10.9. The minimum absolute atomic E-state index is 0.273. The average molecular weight is 186 g/mol. The SMILES string of the molecule is C=CCOC(C)(CC(C)C)C(=O)O. The Hall–Kier alpha value is -0.830. The van der Waals surface area contributed by atoms with Crippen molar-refractivity contribution < 1.29 is 14.6 Å². The van der Waals surface area contributed by atoms with Gasteiger partial charge >= 0.3 is 5.97 Å². The van der Waals surface area contributed by atoms with Gasteiger partial charge < -0.3 is 9.84 Å². The molecule has 0 bridgehead atoms. The molecule has 0 heterocycles. The summed E-state index contributed by atoms with van der Waals surface area (Å²) in [7, 11) is 0. The number of hydrogen-bond acceptors (Lipinski definition) is 2. The highest BCUT2D eigenvalue weighted by Gasteiger charge is 2.34. The van der Waals surface area contributed by atoms with Gasteiger partial charge in [-0.2, -0.15) is 0 Å². The highest BCUT2D eigenvalue weighted by molar-refractivity contribution is 5.76. The molecule has 0 aliphatic rings. The molecule has 3 heteroatoms. The maximum Gasteiger partial charge on any atom is 0.335 e. The number of hydrogen-bond donors (Lipinski definition) is 1. The van der Waals surface area contributed by atoms with E-state index in [0.29, 0.717) is 12.3 Å². The van der Waals surface area contributed by atoms with Gasteiger partial charge in [0.15, 0.2) is 5.60 Å². The summed E-state index contributed by atoms with van der Waals surface area (Å²) in [6.07, 6.45) is 2.07. The molecular weight excluding hydrogens is 168 g/mol. The van der Waals surface area contributed by atoms with E-state index in [2.05, 4.69) is 6.58 Å². The van der Waals surface area contributed by atoms with E-state index >= 15 is 0 Å². The van der Waals surface area contributed by atoms with E-state index in [-0.39, 0.29) is 6.61 Å². The van der Waals surface area contributed by atoms with Gasteiger partial charge in [0.05, 0.1) is 6.61 Å². The zero-order chi connectivity index (χ0) is 10.5. The van der Waals surface area contributed by atoms with E-state index in [0.717, 1.165) is 0 Å². The molecule has 0 amide bonds. The second-order valence-electron chi connectivity index (χ2n) is 3.73. The lowest BCUT2D eigenvalue weighted by Crippen LogP contribution is -2.39. The number of carboxylic acids is 1. The van der Waals surface area contributed by atoms with Crippen LogP contribution in [0.4, 0.5) is 0 Å². The fourth-order valence-electron chi connectivity index (χ4n) is 1.23. The molecule has 0 aliphatic carbocycles. The predicted molar refractivity (Wildman–Crippen MR) is 51.6 cm³/mol. The van der Waals surface area contributed by atoms with Crippen LogP contribution in [0.3, 0.4) is 0 Å². The maximum absolute atomic E-state index is 10.9. The van der Waals surface area contributed by atoms with E-state index in [4.69, 9.17) is 9.84 Å². The second-order valence-corrected chi connectivity index (χ2v) is 3.73. The molecule has 76 valence electrons. The van der Waals surface area contributed by atoms with Crippen LogP contribution < -0.4 is 0 Å². The Bertz CT molecular complexity index is 187. The van der Waals surface area contributed by atoms with Crippen LogP contribution in [-0.2, 0) is 9.53 Å². The topological polar surface area (TPSA) is 46.5 Å². The Morgan fingerprint density at radius 2 is 2.23 bits per heavy atom. The van der Waals surface area contributed by atoms with Gasteiger partial charge in [-0.25, -0.2) is 4.79 Å². The number of aliphatic carboxylic acids is 1. The summed E-state index contributed by atoms with van der Waals surface area (Å²) < 4.78 is 5.23. The van der Waals surface area contributed by atoms with Gasteiger partial charge in [0, 0.05) is 0 Å². The molecule has 0 aromatic heterocycles. The van der Waals surface area contributed by atoms with Crippen LogP contribution in [0, 0.1) is 5.92 Å². The highest BCUT2D eigenvalue weighted by atomic mass is 16.5. The molecular formula is C10H18O3. The molecule has 0 saturated heterocycles. The third-order valence-electron chi connectivity index (χ3n) is 1.77. The van der Waals surface area contributed by atoms with E-state index in [1.807, 2.05) is 13.8 Å². The van der Waals surface area contributed by atoms with Crippen molar-refractivity contribution in [2.75, 3.05) is 6.61 Å². The first-order chi connectivity index (χ1) is 5.92. The first kappa shape index (κ1) is 12.2. The van der Waals surface area contributed by atoms with Gasteiger partial charge in [-0.1, -0.05) is 19.9 Å². The third kappa shape index (κ3) is 4.08. The summed E-state index contributed by atoms with van der Waals surface area (Å²) in [5.41, 5.74) is -1.08. The van der Waals surface area contributed by atoms with Crippen LogP contribution in [0.1, 0.15) is 27.2 Å². The first-order valence-corrected chi connectivity index (χ1v) is 4.40. The van der Waals surface area contributed by atoms with Crippen LogP contribution >= 0.6 is 0 Å². The van der Waals surface area contributed by atoms with Crippen molar-refractivity contribution in [1.29, 1.82) is 0 Å². The molecule has 1 unspecified atom stereocenters. The smallest absolute Gasteiger partial charge is 0.335 e. The van der Waals surface area contributed by atoms with Crippen molar-refractivity contribution in [3.63, 3.8) is 0 Å². The Kier molecular flexibility index (Phi) is 4.70. The van der Waals surface area contributed by atoms with Crippen molar-refractivity contribution in [2.45, 2.75) is 32.8 Å². The Labute approximate surface area is 79.4 Å². The number of carboxylic acid groups (broad SMARTS) is 1.